The summed E-state index contributed by atoms with van der Waals surface area (Å²) in [7, 11) is 0. The van der Waals surface area contributed by atoms with Crippen LogP contribution in [0.25, 0.3) is 11.0 Å². The number of thiophene rings is 1. The molecule has 37 heavy (non-hydrogen) atoms. The zero-order valence-electron chi connectivity index (χ0n) is 22.0. The van der Waals surface area contributed by atoms with Gasteiger partial charge in [-0.3, -0.25) is 9.59 Å². The predicted octanol–water partition coefficient (Wildman–Crippen LogP) is 6.10. The molecule has 1 atom stereocenters. The maximum Gasteiger partial charge on any atom is 0.252 e. The Balaban J connectivity index is 1.57. The molecular weight excluding hydrogens is 484 g/mol. The molecule has 4 rings (SSSR count). The molecule has 0 aliphatic rings. The van der Waals surface area contributed by atoms with Crippen molar-refractivity contribution >= 4 is 34.2 Å². The van der Waals surface area contributed by atoms with Crippen LogP contribution >= 0.6 is 11.3 Å². The van der Waals surface area contributed by atoms with Gasteiger partial charge in [-0.25, -0.2) is 4.98 Å². The molecule has 0 aliphatic carbocycles. The highest BCUT2D eigenvalue weighted by atomic mass is 32.1. The van der Waals surface area contributed by atoms with Gasteiger partial charge in [-0.2, -0.15) is 0 Å². The number of furan rings is 1. The van der Waals surface area contributed by atoms with Crippen LogP contribution < -0.4 is 10.6 Å². The third kappa shape index (κ3) is 6.49. The largest absolute Gasteiger partial charge is 0.467 e. The summed E-state index contributed by atoms with van der Waals surface area (Å²) >= 11 is 1.73. The fourth-order valence-corrected chi connectivity index (χ4v) is 5.40. The van der Waals surface area contributed by atoms with E-state index in [0.717, 1.165) is 36.1 Å². The Bertz CT molecular complexity index is 1300. The lowest BCUT2D eigenvalue weighted by Gasteiger charge is -2.20. The number of hydrogen-bond acceptors (Lipinski definition) is 5. The summed E-state index contributed by atoms with van der Waals surface area (Å²) < 4.78 is 7.64. The van der Waals surface area contributed by atoms with Crippen LogP contribution in [0, 0.1) is 5.92 Å². The number of carbonyl (C=O) groups is 2. The normalized spacial score (nSPS) is 12.4. The fraction of sp³-hybridized carbons (Fsp3) is 0.414. The SMILES string of the molecule is CCC(CC)n1c(Cc2cccs2)nc2cc(C(=O)N[C@@H](CC(C)C)C(=O)NCc3ccco3)ccc21. The minimum atomic E-state index is -0.644. The first kappa shape index (κ1) is 26.7. The van der Waals surface area contributed by atoms with Crippen LogP contribution in [0.2, 0.25) is 0 Å². The molecular formula is C29H36N4O3S. The number of hydrogen-bond donors (Lipinski definition) is 2. The smallest absolute Gasteiger partial charge is 0.252 e. The first-order valence-corrected chi connectivity index (χ1v) is 13.9. The molecule has 0 bridgehead atoms. The topological polar surface area (TPSA) is 89.2 Å². The zero-order chi connectivity index (χ0) is 26.4. The van der Waals surface area contributed by atoms with Gasteiger partial charge in [0, 0.05) is 22.9 Å². The minimum absolute atomic E-state index is 0.226. The van der Waals surface area contributed by atoms with E-state index in [9.17, 15) is 9.59 Å². The molecule has 8 heteroatoms. The van der Waals surface area contributed by atoms with Crippen LogP contribution in [0.1, 0.15) is 79.8 Å². The van der Waals surface area contributed by atoms with Gasteiger partial charge in [-0.1, -0.05) is 33.8 Å². The number of imidazole rings is 1. The summed E-state index contributed by atoms with van der Waals surface area (Å²) in [6.45, 7) is 8.74. The van der Waals surface area contributed by atoms with Gasteiger partial charge in [-0.05, 0) is 67.0 Å². The van der Waals surface area contributed by atoms with E-state index in [-0.39, 0.29) is 24.3 Å². The second kappa shape index (κ2) is 12.2. The number of nitrogens with zero attached hydrogens (tertiary/aromatic N) is 2. The van der Waals surface area contributed by atoms with Crippen molar-refractivity contribution in [2.24, 2.45) is 5.92 Å². The molecule has 0 aliphatic heterocycles. The zero-order valence-corrected chi connectivity index (χ0v) is 22.8. The number of amides is 2. The predicted molar refractivity (Wildman–Crippen MR) is 148 cm³/mol. The van der Waals surface area contributed by atoms with Crippen LogP contribution in [-0.4, -0.2) is 27.4 Å². The van der Waals surface area contributed by atoms with Crippen LogP contribution in [0.15, 0.2) is 58.5 Å². The van der Waals surface area contributed by atoms with Gasteiger partial charge in [0.2, 0.25) is 5.91 Å². The Hall–Kier alpha value is -3.39. The van der Waals surface area contributed by atoms with Crippen molar-refractivity contribution in [3.63, 3.8) is 0 Å². The van der Waals surface area contributed by atoms with E-state index in [1.807, 2.05) is 32.0 Å². The van der Waals surface area contributed by atoms with E-state index in [2.05, 4.69) is 46.6 Å². The Morgan fingerprint density at radius 1 is 1.11 bits per heavy atom. The van der Waals surface area contributed by atoms with Gasteiger partial charge >= 0.3 is 0 Å². The minimum Gasteiger partial charge on any atom is -0.467 e. The van der Waals surface area contributed by atoms with Crippen LogP contribution in [-0.2, 0) is 17.8 Å². The summed E-state index contributed by atoms with van der Waals surface area (Å²) in [4.78, 5) is 32.4. The van der Waals surface area contributed by atoms with Crippen LogP contribution in [0.5, 0.6) is 0 Å². The Morgan fingerprint density at radius 2 is 1.92 bits per heavy atom. The van der Waals surface area contributed by atoms with E-state index in [1.165, 1.54) is 4.88 Å². The first-order valence-electron chi connectivity index (χ1n) is 13.0. The summed E-state index contributed by atoms with van der Waals surface area (Å²) in [6.07, 6.45) is 4.88. The highest BCUT2D eigenvalue weighted by molar-refractivity contribution is 7.09. The van der Waals surface area contributed by atoms with E-state index >= 15 is 0 Å². The van der Waals surface area contributed by atoms with Gasteiger partial charge in [0.15, 0.2) is 0 Å². The van der Waals surface area contributed by atoms with Gasteiger partial charge in [0.25, 0.3) is 5.91 Å². The summed E-state index contributed by atoms with van der Waals surface area (Å²) in [6, 6.07) is 13.1. The van der Waals surface area contributed by atoms with Crippen molar-refractivity contribution < 1.29 is 14.0 Å². The quantitative estimate of drug-likeness (QED) is 0.236. The number of rotatable bonds is 12. The fourth-order valence-electron chi connectivity index (χ4n) is 4.70. The monoisotopic (exact) mass is 520 g/mol. The van der Waals surface area contributed by atoms with E-state index in [1.54, 1.807) is 29.7 Å². The third-order valence-corrected chi connectivity index (χ3v) is 7.47. The average Bonchev–Trinajstić information content (AvgIpc) is 3.65. The Morgan fingerprint density at radius 3 is 2.57 bits per heavy atom. The second-order valence-electron chi connectivity index (χ2n) is 9.78. The van der Waals surface area contributed by atoms with Gasteiger partial charge < -0.3 is 19.6 Å². The molecule has 0 fully saturated rings. The molecule has 0 unspecified atom stereocenters. The van der Waals surface area contributed by atoms with Gasteiger partial charge in [0.1, 0.15) is 17.6 Å². The second-order valence-corrected chi connectivity index (χ2v) is 10.8. The van der Waals surface area contributed by atoms with Crippen molar-refractivity contribution in [2.45, 2.75) is 72.0 Å². The molecule has 3 aromatic heterocycles. The third-order valence-electron chi connectivity index (χ3n) is 6.59. The lowest BCUT2D eigenvalue weighted by Crippen LogP contribution is -2.47. The molecule has 0 radical (unpaired) electrons. The molecule has 0 saturated heterocycles. The summed E-state index contributed by atoms with van der Waals surface area (Å²) in [5.41, 5.74) is 2.33. The van der Waals surface area contributed by atoms with E-state index < -0.39 is 6.04 Å². The maximum atomic E-state index is 13.3. The van der Waals surface area contributed by atoms with Crippen molar-refractivity contribution in [1.82, 2.24) is 20.2 Å². The number of benzene rings is 1. The number of carbonyl (C=O) groups excluding carboxylic acids is 2. The molecule has 196 valence electrons. The highest BCUT2D eigenvalue weighted by Gasteiger charge is 2.24. The first-order chi connectivity index (χ1) is 17.9. The summed E-state index contributed by atoms with van der Waals surface area (Å²) in [5.74, 6) is 1.41. The van der Waals surface area contributed by atoms with Crippen molar-refractivity contribution in [3.05, 3.63) is 76.1 Å². The molecule has 2 N–H and O–H groups in total. The highest BCUT2D eigenvalue weighted by Crippen LogP contribution is 2.28. The Kier molecular flexibility index (Phi) is 8.82. The Labute approximate surface area is 222 Å². The number of fused-ring (bicyclic) bond motifs is 1. The molecule has 0 spiro atoms. The molecule has 4 aromatic rings. The van der Waals surface area contributed by atoms with Crippen molar-refractivity contribution in [1.29, 1.82) is 0 Å². The van der Waals surface area contributed by atoms with Crippen LogP contribution in [0.4, 0.5) is 0 Å². The van der Waals surface area contributed by atoms with Gasteiger partial charge in [-0.15, -0.1) is 11.3 Å². The molecule has 1 aromatic carbocycles. The molecule has 7 nitrogen and oxygen atoms in total. The summed E-state index contributed by atoms with van der Waals surface area (Å²) in [5, 5.41) is 7.90. The average molecular weight is 521 g/mol. The number of nitrogens with one attached hydrogen (secondary N) is 2. The molecule has 0 saturated carbocycles. The maximum absolute atomic E-state index is 13.3. The van der Waals surface area contributed by atoms with Crippen molar-refractivity contribution in [3.8, 4) is 0 Å². The lowest BCUT2D eigenvalue weighted by molar-refractivity contribution is -0.123. The standard InChI is InChI=1S/C29H36N4O3S/c1-5-21(6-2)33-26-12-11-20(16-24(26)31-27(33)17-23-10-8-14-37-23)28(34)32-25(15-19(3)4)29(35)30-18-22-9-7-13-36-22/h7-14,16,19,21,25H,5-6,15,17-18H2,1-4H3,(H,30,35)(H,32,34)/t25-/m0/s1. The van der Waals surface area contributed by atoms with E-state index in [0.29, 0.717) is 23.8 Å². The molecule has 3 heterocycles. The van der Waals surface area contributed by atoms with E-state index in [4.69, 9.17) is 9.40 Å². The lowest BCUT2D eigenvalue weighted by atomic mass is 10.0. The molecule has 2 amide bonds. The van der Waals surface area contributed by atoms with Crippen molar-refractivity contribution in [2.75, 3.05) is 0 Å². The number of aromatic nitrogens is 2. The van der Waals surface area contributed by atoms with Gasteiger partial charge in [0.05, 0.1) is 23.8 Å². The van der Waals surface area contributed by atoms with Crippen LogP contribution in [0.3, 0.4) is 0 Å².